The molecule has 3 aromatic rings. The number of aromatic carboxylic acids is 1. The summed E-state index contributed by atoms with van der Waals surface area (Å²) < 4.78 is 19.8. The second-order valence-corrected chi connectivity index (χ2v) is 6.50. The molecule has 3 rings (SSSR count). The normalized spacial score (nSPS) is 11.0. The number of hydrogen-bond acceptors (Lipinski definition) is 4. The van der Waals surface area contributed by atoms with Crippen molar-refractivity contribution in [2.75, 3.05) is 0 Å². The molecule has 0 amide bonds. The van der Waals surface area contributed by atoms with Gasteiger partial charge in [-0.25, -0.2) is 9.18 Å². The molecule has 0 unspecified atom stereocenters. The molecule has 134 valence electrons. The number of halogens is 1. The van der Waals surface area contributed by atoms with Gasteiger partial charge in [0, 0.05) is 5.56 Å². The Morgan fingerprint density at radius 2 is 1.65 bits per heavy atom. The van der Waals surface area contributed by atoms with Gasteiger partial charge >= 0.3 is 5.97 Å². The van der Waals surface area contributed by atoms with Crippen molar-refractivity contribution in [3.63, 3.8) is 0 Å². The van der Waals surface area contributed by atoms with Crippen molar-refractivity contribution in [1.29, 1.82) is 0 Å². The molecule has 0 spiro atoms. The predicted molar refractivity (Wildman–Crippen MR) is 95.8 cm³/mol. The third kappa shape index (κ3) is 2.77. The summed E-state index contributed by atoms with van der Waals surface area (Å²) in [7, 11) is 0. The minimum absolute atomic E-state index is 0.0787. The zero-order valence-electron chi connectivity index (χ0n) is 15.3. The fourth-order valence-electron chi connectivity index (χ4n) is 3.32. The van der Waals surface area contributed by atoms with Crippen LogP contribution in [0.15, 0.2) is 22.7 Å². The van der Waals surface area contributed by atoms with Crippen molar-refractivity contribution in [3.05, 3.63) is 57.4 Å². The van der Waals surface area contributed by atoms with E-state index in [0.29, 0.717) is 27.8 Å². The highest BCUT2D eigenvalue weighted by molar-refractivity contribution is 5.94. The fraction of sp³-hybridized carbons (Fsp3) is 0.250. The average molecular weight is 354 g/mol. The monoisotopic (exact) mass is 354 g/mol. The molecule has 0 saturated carbocycles. The Kier molecular flexibility index (Phi) is 4.36. The van der Waals surface area contributed by atoms with E-state index in [1.807, 2.05) is 6.92 Å². The Hall–Kier alpha value is -3.02. The maximum absolute atomic E-state index is 14.5. The SMILES string of the molecule is Cc1ccc(C)c(-c2nc(-c3c(C)cc(C)c(C(=O)O)c3C)no2)c1F. The lowest BCUT2D eigenvalue weighted by Gasteiger charge is -2.12. The van der Waals surface area contributed by atoms with Crippen LogP contribution in [0.2, 0.25) is 0 Å². The molecule has 0 fully saturated rings. The lowest BCUT2D eigenvalue weighted by atomic mass is 9.93. The number of aromatic nitrogens is 2. The van der Waals surface area contributed by atoms with E-state index in [1.165, 1.54) is 0 Å². The number of hydrogen-bond donors (Lipinski definition) is 1. The number of carboxylic acids is 1. The van der Waals surface area contributed by atoms with Crippen LogP contribution in [0.25, 0.3) is 22.8 Å². The van der Waals surface area contributed by atoms with Crippen LogP contribution in [0.5, 0.6) is 0 Å². The minimum atomic E-state index is -1.01. The standard InChI is InChI=1S/C20H19FN2O3/c1-9-6-7-10(2)17(21)16(9)19-22-18(23-26-19)14-11(3)8-12(4)15(13(14)5)20(24)25/h6-8H,1-5H3,(H,24,25). The summed E-state index contributed by atoms with van der Waals surface area (Å²) in [6, 6.07) is 5.27. The highest BCUT2D eigenvalue weighted by Gasteiger charge is 2.23. The number of rotatable bonds is 3. The fourth-order valence-corrected chi connectivity index (χ4v) is 3.32. The highest BCUT2D eigenvalue weighted by atomic mass is 19.1. The van der Waals surface area contributed by atoms with Crippen molar-refractivity contribution >= 4 is 5.97 Å². The van der Waals surface area contributed by atoms with Crippen LogP contribution in [0.1, 0.15) is 38.2 Å². The van der Waals surface area contributed by atoms with Crippen molar-refractivity contribution in [1.82, 2.24) is 10.1 Å². The third-order valence-electron chi connectivity index (χ3n) is 4.59. The predicted octanol–water partition coefficient (Wildman–Crippen LogP) is 4.78. The molecule has 0 radical (unpaired) electrons. The van der Waals surface area contributed by atoms with Gasteiger partial charge in [0.2, 0.25) is 5.82 Å². The molecule has 1 N–H and O–H groups in total. The number of aryl methyl sites for hydroxylation is 4. The van der Waals surface area contributed by atoms with E-state index < -0.39 is 11.8 Å². The molecule has 0 aliphatic rings. The topological polar surface area (TPSA) is 76.2 Å². The average Bonchev–Trinajstić information content (AvgIpc) is 2.99. The molecule has 0 aliphatic heterocycles. The van der Waals surface area contributed by atoms with Gasteiger partial charge in [-0.15, -0.1) is 0 Å². The zero-order chi connectivity index (χ0) is 19.2. The van der Waals surface area contributed by atoms with Gasteiger partial charge in [0.25, 0.3) is 5.89 Å². The minimum Gasteiger partial charge on any atom is -0.478 e. The molecule has 6 heteroatoms. The van der Waals surface area contributed by atoms with Crippen LogP contribution in [0, 0.1) is 40.4 Å². The van der Waals surface area contributed by atoms with E-state index >= 15 is 0 Å². The van der Waals surface area contributed by atoms with Crippen LogP contribution < -0.4 is 0 Å². The van der Waals surface area contributed by atoms with Gasteiger partial charge in [0.15, 0.2) is 0 Å². The van der Waals surface area contributed by atoms with E-state index in [1.54, 1.807) is 45.9 Å². The second kappa shape index (κ2) is 6.37. The van der Waals surface area contributed by atoms with Crippen LogP contribution in [-0.4, -0.2) is 21.2 Å². The summed E-state index contributed by atoms with van der Waals surface area (Å²) >= 11 is 0. The van der Waals surface area contributed by atoms with Crippen LogP contribution >= 0.6 is 0 Å². The third-order valence-corrected chi connectivity index (χ3v) is 4.59. The van der Waals surface area contributed by atoms with Crippen LogP contribution in [0.3, 0.4) is 0 Å². The summed E-state index contributed by atoms with van der Waals surface area (Å²) in [5, 5.41) is 13.5. The Morgan fingerprint density at radius 3 is 2.31 bits per heavy atom. The molecule has 1 aromatic heterocycles. The van der Waals surface area contributed by atoms with E-state index in [4.69, 9.17) is 4.52 Å². The Balaban J connectivity index is 2.20. The van der Waals surface area contributed by atoms with Crippen molar-refractivity contribution in [2.24, 2.45) is 0 Å². The summed E-state index contributed by atoms with van der Waals surface area (Å²) in [5.74, 6) is -1.08. The van der Waals surface area contributed by atoms with Crippen molar-refractivity contribution < 1.29 is 18.8 Å². The maximum Gasteiger partial charge on any atom is 0.336 e. The van der Waals surface area contributed by atoms with Gasteiger partial charge in [0.05, 0.1) is 11.1 Å². The second-order valence-electron chi connectivity index (χ2n) is 6.50. The number of carbonyl (C=O) groups is 1. The first kappa shape index (κ1) is 17.8. The molecule has 5 nitrogen and oxygen atoms in total. The van der Waals surface area contributed by atoms with Crippen molar-refractivity contribution in [3.8, 4) is 22.8 Å². The molecule has 26 heavy (non-hydrogen) atoms. The van der Waals surface area contributed by atoms with Gasteiger partial charge in [-0.3, -0.25) is 0 Å². The van der Waals surface area contributed by atoms with E-state index in [0.717, 1.165) is 5.56 Å². The molecule has 0 bridgehead atoms. The van der Waals surface area contributed by atoms with Gasteiger partial charge in [-0.05, 0) is 62.4 Å². The Bertz CT molecular complexity index is 1040. The molecular formula is C20H19FN2O3. The van der Waals surface area contributed by atoms with E-state index in [9.17, 15) is 14.3 Å². The molecule has 0 aliphatic carbocycles. The first-order valence-electron chi connectivity index (χ1n) is 8.16. The molecule has 2 aromatic carbocycles. The van der Waals surface area contributed by atoms with Crippen LogP contribution in [-0.2, 0) is 0 Å². The summed E-state index contributed by atoms with van der Waals surface area (Å²) in [5.41, 5.74) is 4.31. The van der Waals surface area contributed by atoms with E-state index in [2.05, 4.69) is 10.1 Å². The van der Waals surface area contributed by atoms with Gasteiger partial charge in [-0.1, -0.05) is 23.4 Å². The first-order valence-corrected chi connectivity index (χ1v) is 8.16. The summed E-state index contributed by atoms with van der Waals surface area (Å²) in [6.07, 6.45) is 0. The van der Waals surface area contributed by atoms with E-state index in [-0.39, 0.29) is 22.8 Å². The number of benzene rings is 2. The molecular weight excluding hydrogens is 335 g/mol. The Labute approximate surface area is 150 Å². The van der Waals surface area contributed by atoms with Crippen molar-refractivity contribution in [2.45, 2.75) is 34.6 Å². The Morgan fingerprint density at radius 1 is 1.00 bits per heavy atom. The highest BCUT2D eigenvalue weighted by Crippen LogP contribution is 2.33. The maximum atomic E-state index is 14.5. The lowest BCUT2D eigenvalue weighted by Crippen LogP contribution is -2.06. The summed E-state index contributed by atoms with van der Waals surface area (Å²) in [6.45, 7) is 8.76. The molecule has 1 heterocycles. The first-order chi connectivity index (χ1) is 12.2. The zero-order valence-corrected chi connectivity index (χ0v) is 15.3. The smallest absolute Gasteiger partial charge is 0.336 e. The number of carboxylic acid groups (broad SMARTS) is 1. The summed E-state index contributed by atoms with van der Waals surface area (Å²) in [4.78, 5) is 15.9. The molecule has 0 atom stereocenters. The quantitative estimate of drug-likeness (QED) is 0.732. The van der Waals surface area contributed by atoms with Gasteiger partial charge < -0.3 is 9.63 Å². The van der Waals surface area contributed by atoms with Crippen LogP contribution in [0.4, 0.5) is 4.39 Å². The van der Waals surface area contributed by atoms with Gasteiger partial charge in [-0.2, -0.15) is 4.98 Å². The lowest BCUT2D eigenvalue weighted by molar-refractivity contribution is 0.0695. The molecule has 0 saturated heterocycles. The number of nitrogens with zero attached hydrogens (tertiary/aromatic N) is 2. The largest absolute Gasteiger partial charge is 0.478 e. The van der Waals surface area contributed by atoms with Gasteiger partial charge in [0.1, 0.15) is 5.82 Å².